The Bertz CT molecular complexity index is 1550. The number of anilines is 2. The van der Waals surface area contributed by atoms with Gasteiger partial charge >= 0.3 is 0 Å². The lowest BCUT2D eigenvalue weighted by atomic mass is 10.0. The summed E-state index contributed by atoms with van der Waals surface area (Å²) in [7, 11) is 1.58. The normalized spacial score (nSPS) is 22.6. The van der Waals surface area contributed by atoms with Crippen molar-refractivity contribution >= 4 is 61.3 Å². The van der Waals surface area contributed by atoms with Gasteiger partial charge in [0.05, 0.1) is 18.0 Å². The Morgan fingerprint density at radius 2 is 2.03 bits per heavy atom. The van der Waals surface area contributed by atoms with Gasteiger partial charge in [0.15, 0.2) is 0 Å². The third-order valence-corrected chi connectivity index (χ3v) is 7.80. The van der Waals surface area contributed by atoms with Crippen molar-refractivity contribution < 1.29 is 14.3 Å². The van der Waals surface area contributed by atoms with Crippen LogP contribution in [0, 0.1) is 5.41 Å². The lowest BCUT2D eigenvalue weighted by Gasteiger charge is -2.27. The molecule has 3 aromatic heterocycles. The van der Waals surface area contributed by atoms with Crippen molar-refractivity contribution in [3.63, 3.8) is 0 Å². The molecule has 3 N–H and O–H groups in total. The number of halogens is 1. The number of nitrogens with two attached hydrogens (primary N) is 1. The fraction of sp³-hybridized carbons (Fsp3) is 0.320. The van der Waals surface area contributed by atoms with Gasteiger partial charge in [0.25, 0.3) is 0 Å². The van der Waals surface area contributed by atoms with Crippen molar-refractivity contribution in [1.29, 1.82) is 0 Å². The lowest BCUT2D eigenvalue weighted by Crippen LogP contribution is -2.46. The van der Waals surface area contributed by atoms with Crippen molar-refractivity contribution in [2.75, 3.05) is 18.2 Å². The van der Waals surface area contributed by atoms with E-state index in [9.17, 15) is 9.59 Å². The summed E-state index contributed by atoms with van der Waals surface area (Å²) in [6.07, 6.45) is 2.87. The van der Waals surface area contributed by atoms with Crippen molar-refractivity contribution in [1.82, 2.24) is 24.4 Å². The first-order valence-corrected chi connectivity index (χ1v) is 12.4. The fourth-order valence-corrected chi connectivity index (χ4v) is 5.89. The summed E-state index contributed by atoms with van der Waals surface area (Å²) in [5.74, 6) is 0.968. The number of para-hydroxylation sites is 1. The Morgan fingerprint density at radius 3 is 2.81 bits per heavy atom. The lowest BCUT2D eigenvalue weighted by molar-refractivity contribution is -0.138. The maximum absolute atomic E-state index is 13.9. The number of piperidine rings is 1. The molecular formula is C25H24BrN7O3. The summed E-state index contributed by atoms with van der Waals surface area (Å²) >= 11 is 3.33. The van der Waals surface area contributed by atoms with Gasteiger partial charge in [-0.2, -0.15) is 0 Å². The summed E-state index contributed by atoms with van der Waals surface area (Å²) in [5.41, 5.74) is 7.41. The molecule has 0 radical (unpaired) electrons. The molecular weight excluding hydrogens is 526 g/mol. The number of nitrogen functional groups attached to an aromatic ring is 1. The highest BCUT2D eigenvalue weighted by Gasteiger charge is 2.64. The Kier molecular flexibility index (Phi) is 5.15. The van der Waals surface area contributed by atoms with E-state index in [1.807, 2.05) is 22.8 Å². The Hall–Kier alpha value is -3.73. The van der Waals surface area contributed by atoms with E-state index in [0.717, 1.165) is 11.8 Å². The molecule has 0 unspecified atom stereocenters. The van der Waals surface area contributed by atoms with Gasteiger partial charge in [-0.05, 0) is 52.4 Å². The van der Waals surface area contributed by atoms with Gasteiger partial charge in [0.2, 0.25) is 11.8 Å². The maximum Gasteiger partial charge on any atom is 0.248 e. The molecule has 1 aromatic carbocycles. The monoisotopic (exact) mass is 549 g/mol. The minimum atomic E-state index is -0.586. The number of carbonyl (C=O) groups is 2. The summed E-state index contributed by atoms with van der Waals surface area (Å²) in [6.45, 7) is 2.11. The number of nitrogens with zero attached hydrogens (tertiary/aromatic N) is 5. The van der Waals surface area contributed by atoms with E-state index in [4.69, 9.17) is 10.5 Å². The Morgan fingerprint density at radius 1 is 1.22 bits per heavy atom. The van der Waals surface area contributed by atoms with E-state index in [1.54, 1.807) is 30.2 Å². The minimum Gasteiger partial charge on any atom is -0.495 e. The highest BCUT2D eigenvalue weighted by molar-refractivity contribution is 9.10. The summed E-state index contributed by atoms with van der Waals surface area (Å²) in [4.78, 5) is 41.8. The molecule has 11 heteroatoms. The van der Waals surface area contributed by atoms with Crippen LogP contribution in [-0.2, 0) is 16.1 Å². The van der Waals surface area contributed by atoms with Gasteiger partial charge in [-0.15, -0.1) is 0 Å². The molecule has 1 saturated heterocycles. The van der Waals surface area contributed by atoms with Crippen molar-refractivity contribution in [2.24, 2.45) is 5.41 Å². The third kappa shape index (κ3) is 3.48. The zero-order valence-electron chi connectivity index (χ0n) is 19.7. The second-order valence-corrected chi connectivity index (χ2v) is 10.4. The maximum atomic E-state index is 13.9. The van der Waals surface area contributed by atoms with Crippen molar-refractivity contribution in [3.05, 3.63) is 47.3 Å². The number of amides is 2. The Labute approximate surface area is 215 Å². The fourth-order valence-electron chi connectivity index (χ4n) is 5.54. The van der Waals surface area contributed by atoms with Crippen LogP contribution in [0.4, 0.5) is 11.6 Å². The van der Waals surface area contributed by atoms with Crippen LogP contribution in [-0.4, -0.2) is 55.4 Å². The summed E-state index contributed by atoms with van der Waals surface area (Å²) < 4.78 is 8.05. The number of hydrogen-bond acceptors (Lipinski definition) is 7. The molecule has 184 valence electrons. The van der Waals surface area contributed by atoms with Crippen LogP contribution in [0.3, 0.4) is 0 Å². The number of fused-ring (bicyclic) bond motifs is 4. The zero-order valence-corrected chi connectivity index (χ0v) is 21.3. The number of ether oxygens (including phenoxy) is 1. The predicted molar refractivity (Wildman–Crippen MR) is 138 cm³/mol. The predicted octanol–water partition coefficient (Wildman–Crippen LogP) is 3.35. The van der Waals surface area contributed by atoms with Crippen LogP contribution in [0.5, 0.6) is 5.75 Å². The average molecular weight is 550 g/mol. The molecule has 36 heavy (non-hydrogen) atoms. The number of hydrogen-bond donors (Lipinski definition) is 2. The number of methoxy groups -OCH3 is 1. The number of nitrogens with one attached hydrogen (secondary N) is 1. The van der Waals surface area contributed by atoms with Gasteiger partial charge < -0.3 is 25.3 Å². The topological polar surface area (TPSA) is 128 Å². The van der Waals surface area contributed by atoms with Crippen molar-refractivity contribution in [2.45, 2.75) is 38.4 Å². The molecule has 3 atom stereocenters. The molecule has 0 bridgehead atoms. The van der Waals surface area contributed by atoms with Gasteiger partial charge in [0.1, 0.15) is 46.5 Å². The van der Waals surface area contributed by atoms with E-state index < -0.39 is 6.04 Å². The van der Waals surface area contributed by atoms with Gasteiger partial charge in [-0.1, -0.05) is 25.1 Å². The molecule has 1 aliphatic heterocycles. The number of likely N-dealkylation sites (tertiary alicyclic amines) is 1. The average Bonchev–Trinajstić information content (AvgIpc) is 3.25. The van der Waals surface area contributed by atoms with E-state index in [1.165, 1.54) is 6.33 Å². The third-order valence-electron chi connectivity index (χ3n) is 7.36. The summed E-state index contributed by atoms with van der Waals surface area (Å²) in [5, 5.41) is 4.36. The molecule has 2 amide bonds. The van der Waals surface area contributed by atoms with Crippen LogP contribution < -0.4 is 15.8 Å². The molecule has 10 nitrogen and oxygen atoms in total. The SMILES string of the molecule is COc1cccc2c3c(N)ncnc3n(CC(=O)N3[C@H](C(=O)Nc4cccc(Br)n4)C[C@@]4(C)C[C@@H]34)c12. The molecule has 4 heterocycles. The zero-order chi connectivity index (χ0) is 25.2. The first-order chi connectivity index (χ1) is 17.3. The molecule has 0 spiro atoms. The largest absolute Gasteiger partial charge is 0.495 e. The first kappa shape index (κ1) is 22.7. The molecule has 1 aliphatic carbocycles. The van der Waals surface area contributed by atoms with Crippen LogP contribution >= 0.6 is 15.9 Å². The number of pyridine rings is 1. The van der Waals surface area contributed by atoms with Gasteiger partial charge in [-0.3, -0.25) is 9.59 Å². The van der Waals surface area contributed by atoms with E-state index in [0.29, 0.717) is 45.0 Å². The second-order valence-electron chi connectivity index (χ2n) is 9.63. The first-order valence-electron chi connectivity index (χ1n) is 11.6. The van der Waals surface area contributed by atoms with Crippen LogP contribution in [0.2, 0.25) is 0 Å². The van der Waals surface area contributed by atoms with Crippen LogP contribution in [0.1, 0.15) is 19.8 Å². The summed E-state index contributed by atoms with van der Waals surface area (Å²) in [6, 6.07) is 10.4. The number of aromatic nitrogens is 4. The molecule has 6 rings (SSSR count). The molecule has 1 saturated carbocycles. The number of benzene rings is 1. The quantitative estimate of drug-likeness (QED) is 0.365. The second kappa shape index (κ2) is 8.16. The van der Waals surface area contributed by atoms with E-state index in [-0.39, 0.29) is 29.8 Å². The van der Waals surface area contributed by atoms with Gasteiger partial charge in [0, 0.05) is 11.4 Å². The minimum absolute atomic E-state index is 0.0116. The molecule has 2 fully saturated rings. The van der Waals surface area contributed by atoms with E-state index in [2.05, 4.69) is 43.1 Å². The molecule has 4 aromatic rings. The van der Waals surface area contributed by atoms with E-state index >= 15 is 0 Å². The van der Waals surface area contributed by atoms with Crippen LogP contribution in [0.25, 0.3) is 21.9 Å². The number of carbonyl (C=O) groups excluding carboxylic acids is 2. The van der Waals surface area contributed by atoms with Crippen LogP contribution in [0.15, 0.2) is 47.3 Å². The molecule has 2 aliphatic rings. The Balaban J connectivity index is 1.37. The highest BCUT2D eigenvalue weighted by Crippen LogP contribution is 2.59. The van der Waals surface area contributed by atoms with Gasteiger partial charge in [-0.25, -0.2) is 15.0 Å². The highest BCUT2D eigenvalue weighted by atomic mass is 79.9. The standard InChI is InChI=1S/C25H24BrN7O3/c1-25-9-14(24(35)31-18-8-4-7-17(26)30-18)33(16(25)10-25)19(34)11-32-21-13(5-3-6-15(21)36-2)20-22(27)28-12-29-23(20)32/h3-8,12,14,16H,9-11H2,1-2H3,(H2,27,28,29)(H,30,31,35)/t14-,16+,25-/m0/s1. The smallest absolute Gasteiger partial charge is 0.248 e. The number of rotatable bonds is 5. The van der Waals surface area contributed by atoms with Crippen molar-refractivity contribution in [3.8, 4) is 5.75 Å².